The summed E-state index contributed by atoms with van der Waals surface area (Å²) >= 11 is 4.76. The number of thioether (sulfide) groups is 1. The Labute approximate surface area is 214 Å². The fourth-order valence-corrected chi connectivity index (χ4v) is 4.90. The lowest BCUT2D eigenvalue weighted by Crippen LogP contribution is -2.28. The van der Waals surface area contributed by atoms with Gasteiger partial charge in [0, 0.05) is 6.54 Å². The highest BCUT2D eigenvalue weighted by molar-refractivity contribution is 9.10. The first-order valence-electron chi connectivity index (χ1n) is 10.6. The minimum atomic E-state index is -1.01. The standard InChI is InChI=1S/C26H20BrFN2O4S/c1-2-30-24(31)23(35-26(30)29-20-9-7-18(8-10-20)25(32)33)14-16-6-11-22(21(27)13-16)34-15-17-4-3-5-19(28)12-17/h3-14H,2,15H2,1H3,(H,32,33)/b23-14-,29-26?. The average Bonchev–Trinajstić information content (AvgIpc) is 3.12. The Kier molecular flexibility index (Phi) is 7.67. The van der Waals surface area contributed by atoms with E-state index < -0.39 is 5.97 Å². The molecule has 3 aromatic rings. The third kappa shape index (κ3) is 5.98. The van der Waals surface area contributed by atoms with Crippen LogP contribution in [0.3, 0.4) is 0 Å². The summed E-state index contributed by atoms with van der Waals surface area (Å²) in [6, 6.07) is 17.9. The number of rotatable bonds is 7. The number of amidine groups is 1. The highest BCUT2D eigenvalue weighted by Gasteiger charge is 2.32. The summed E-state index contributed by atoms with van der Waals surface area (Å²) in [5.74, 6) is -0.872. The van der Waals surface area contributed by atoms with Crippen molar-refractivity contribution in [2.75, 3.05) is 6.54 Å². The average molecular weight is 555 g/mol. The van der Waals surface area contributed by atoms with Crippen LogP contribution in [0.25, 0.3) is 6.08 Å². The summed E-state index contributed by atoms with van der Waals surface area (Å²) in [4.78, 5) is 30.6. The van der Waals surface area contributed by atoms with Gasteiger partial charge in [-0.15, -0.1) is 0 Å². The van der Waals surface area contributed by atoms with E-state index in [-0.39, 0.29) is 23.9 Å². The molecule has 0 radical (unpaired) electrons. The Morgan fingerprint density at radius 2 is 1.94 bits per heavy atom. The first-order chi connectivity index (χ1) is 16.8. The van der Waals surface area contributed by atoms with Crippen LogP contribution < -0.4 is 4.74 Å². The molecule has 1 saturated heterocycles. The maximum absolute atomic E-state index is 13.4. The van der Waals surface area contributed by atoms with E-state index in [0.717, 1.165) is 11.1 Å². The topological polar surface area (TPSA) is 79.2 Å². The van der Waals surface area contributed by atoms with Gasteiger partial charge in [-0.25, -0.2) is 14.2 Å². The summed E-state index contributed by atoms with van der Waals surface area (Å²) in [6.45, 7) is 2.54. The van der Waals surface area contributed by atoms with Crippen molar-refractivity contribution in [2.45, 2.75) is 13.5 Å². The van der Waals surface area contributed by atoms with Gasteiger partial charge in [-0.05, 0) is 100 Å². The molecule has 4 rings (SSSR count). The van der Waals surface area contributed by atoms with Gasteiger partial charge in [0.15, 0.2) is 5.17 Å². The molecule has 35 heavy (non-hydrogen) atoms. The molecule has 1 aliphatic heterocycles. The highest BCUT2D eigenvalue weighted by Crippen LogP contribution is 2.35. The summed E-state index contributed by atoms with van der Waals surface area (Å²) in [6.07, 6.45) is 1.78. The van der Waals surface area contributed by atoms with Crippen LogP contribution in [0.1, 0.15) is 28.4 Å². The van der Waals surface area contributed by atoms with Crippen molar-refractivity contribution >= 4 is 56.5 Å². The van der Waals surface area contributed by atoms with Gasteiger partial charge >= 0.3 is 5.97 Å². The van der Waals surface area contributed by atoms with Crippen molar-refractivity contribution in [3.05, 3.63) is 98.6 Å². The number of carbonyl (C=O) groups excluding carboxylic acids is 1. The predicted octanol–water partition coefficient (Wildman–Crippen LogP) is 6.49. The molecule has 3 aromatic carbocycles. The monoisotopic (exact) mass is 554 g/mol. The predicted molar refractivity (Wildman–Crippen MR) is 138 cm³/mol. The summed E-state index contributed by atoms with van der Waals surface area (Å²) in [5, 5.41) is 9.58. The van der Waals surface area contributed by atoms with Crippen molar-refractivity contribution in [3.8, 4) is 5.75 Å². The number of nitrogens with zero attached hydrogens (tertiary/aromatic N) is 2. The molecule has 0 aromatic heterocycles. The lowest BCUT2D eigenvalue weighted by Gasteiger charge is -2.12. The first kappa shape index (κ1) is 24.7. The minimum Gasteiger partial charge on any atom is -0.488 e. The van der Waals surface area contributed by atoms with E-state index in [1.54, 1.807) is 41.3 Å². The van der Waals surface area contributed by atoms with Crippen molar-refractivity contribution in [2.24, 2.45) is 4.99 Å². The molecule has 1 heterocycles. The van der Waals surface area contributed by atoms with Crippen molar-refractivity contribution in [1.82, 2.24) is 4.90 Å². The largest absolute Gasteiger partial charge is 0.488 e. The molecule has 6 nitrogen and oxygen atoms in total. The van der Waals surface area contributed by atoms with Crippen LogP contribution in [0, 0.1) is 5.82 Å². The van der Waals surface area contributed by atoms with E-state index in [1.807, 2.05) is 19.1 Å². The Morgan fingerprint density at radius 1 is 1.17 bits per heavy atom. The van der Waals surface area contributed by atoms with Gasteiger partial charge in [0.05, 0.1) is 20.6 Å². The van der Waals surface area contributed by atoms with Gasteiger partial charge in [0.25, 0.3) is 5.91 Å². The van der Waals surface area contributed by atoms with Gasteiger partial charge in [-0.2, -0.15) is 0 Å². The molecule has 0 bridgehead atoms. The van der Waals surface area contributed by atoms with E-state index >= 15 is 0 Å². The second-order valence-corrected chi connectivity index (χ2v) is 9.38. The molecule has 1 aliphatic rings. The second-order valence-electron chi connectivity index (χ2n) is 7.51. The second kappa shape index (κ2) is 10.9. The van der Waals surface area contributed by atoms with E-state index in [4.69, 9.17) is 9.84 Å². The van der Waals surface area contributed by atoms with E-state index in [0.29, 0.717) is 32.5 Å². The number of carboxylic acid groups (broad SMARTS) is 1. The van der Waals surface area contributed by atoms with E-state index in [9.17, 15) is 14.0 Å². The number of amides is 1. The van der Waals surface area contributed by atoms with Gasteiger partial charge in [0.1, 0.15) is 18.2 Å². The molecule has 0 saturated carbocycles. The number of benzene rings is 3. The molecular formula is C26H20BrFN2O4S. The smallest absolute Gasteiger partial charge is 0.335 e. The molecule has 1 N–H and O–H groups in total. The van der Waals surface area contributed by atoms with Gasteiger partial charge in [0.2, 0.25) is 0 Å². The zero-order chi connectivity index (χ0) is 24.9. The minimum absolute atomic E-state index is 0.152. The fourth-order valence-electron chi connectivity index (χ4n) is 3.32. The number of hydrogen-bond acceptors (Lipinski definition) is 5. The van der Waals surface area contributed by atoms with Gasteiger partial charge in [-0.1, -0.05) is 18.2 Å². The third-order valence-electron chi connectivity index (χ3n) is 5.08. The lowest BCUT2D eigenvalue weighted by atomic mass is 10.2. The number of hydrogen-bond donors (Lipinski definition) is 1. The number of carbonyl (C=O) groups is 2. The van der Waals surface area contributed by atoms with Crippen LogP contribution in [-0.4, -0.2) is 33.6 Å². The third-order valence-corrected chi connectivity index (χ3v) is 6.71. The molecule has 0 atom stereocenters. The zero-order valence-electron chi connectivity index (χ0n) is 18.6. The van der Waals surface area contributed by atoms with Crippen LogP contribution in [0.5, 0.6) is 5.75 Å². The fraction of sp³-hybridized carbons (Fsp3) is 0.115. The normalized spacial score (nSPS) is 15.7. The van der Waals surface area contributed by atoms with Gasteiger partial charge in [-0.3, -0.25) is 9.69 Å². The van der Waals surface area contributed by atoms with Crippen LogP contribution in [0.4, 0.5) is 10.1 Å². The van der Waals surface area contributed by atoms with Crippen LogP contribution in [-0.2, 0) is 11.4 Å². The summed E-state index contributed by atoms with van der Waals surface area (Å²) in [5.41, 5.74) is 2.26. The molecule has 178 valence electrons. The maximum Gasteiger partial charge on any atom is 0.335 e. The van der Waals surface area contributed by atoms with Crippen LogP contribution in [0.2, 0.25) is 0 Å². The molecule has 0 spiro atoms. The number of halogens is 2. The summed E-state index contributed by atoms with van der Waals surface area (Å²) in [7, 11) is 0. The number of aliphatic imine (C=N–C) groups is 1. The quantitative estimate of drug-likeness (QED) is 0.337. The summed E-state index contributed by atoms with van der Waals surface area (Å²) < 4.78 is 19.9. The number of likely N-dealkylation sites (N-methyl/N-ethyl adjacent to an activating group) is 1. The van der Waals surface area contributed by atoms with E-state index in [2.05, 4.69) is 20.9 Å². The Hall–Kier alpha value is -3.43. The SMILES string of the molecule is CCN1C(=O)/C(=C/c2ccc(OCc3cccc(F)c3)c(Br)c2)SC1=Nc1ccc(C(=O)O)cc1. The first-order valence-corrected chi connectivity index (χ1v) is 12.2. The van der Waals surface area contributed by atoms with Crippen molar-refractivity contribution in [3.63, 3.8) is 0 Å². The van der Waals surface area contributed by atoms with Crippen LogP contribution >= 0.6 is 27.7 Å². The number of aromatic carboxylic acids is 1. The lowest BCUT2D eigenvalue weighted by molar-refractivity contribution is -0.122. The van der Waals surface area contributed by atoms with Crippen LogP contribution in [0.15, 0.2) is 81.1 Å². The molecule has 0 unspecified atom stereocenters. The van der Waals surface area contributed by atoms with Crippen molar-refractivity contribution in [1.29, 1.82) is 0 Å². The van der Waals surface area contributed by atoms with Crippen molar-refractivity contribution < 1.29 is 23.8 Å². The Morgan fingerprint density at radius 3 is 2.60 bits per heavy atom. The molecule has 0 aliphatic carbocycles. The Bertz CT molecular complexity index is 1340. The molecule has 1 amide bonds. The number of ether oxygens (including phenoxy) is 1. The van der Waals surface area contributed by atoms with Gasteiger partial charge < -0.3 is 9.84 Å². The molecule has 1 fully saturated rings. The molecule has 9 heteroatoms. The number of carboxylic acids is 1. The Balaban J connectivity index is 1.51. The van der Waals surface area contributed by atoms with E-state index in [1.165, 1.54) is 36.0 Å². The maximum atomic E-state index is 13.4. The molecular weight excluding hydrogens is 535 g/mol. The highest BCUT2D eigenvalue weighted by atomic mass is 79.9. The zero-order valence-corrected chi connectivity index (χ0v) is 21.0.